The van der Waals surface area contributed by atoms with E-state index in [2.05, 4.69) is 15.3 Å². The normalized spacial score (nSPS) is 11.5. The van der Waals surface area contributed by atoms with Crippen LogP contribution in [0.3, 0.4) is 0 Å². The standard InChI is InChI=1S/C17H11F2N5O4S2/c18-9-3-4-10(24-30(26,27)11-2-1-5-28-11)12(19)14(9)23-17(25)8-6-29-15-13(8)21-7-22-16(15)20/h1-7,24H,(H,23,25)(H2,20,21,22). The van der Waals surface area contributed by atoms with E-state index in [9.17, 15) is 22.0 Å². The highest BCUT2D eigenvalue weighted by molar-refractivity contribution is 7.92. The number of anilines is 3. The first-order valence-electron chi connectivity index (χ1n) is 8.11. The van der Waals surface area contributed by atoms with Crippen LogP contribution in [-0.2, 0) is 10.0 Å². The Morgan fingerprint density at radius 2 is 2.00 bits per heavy atom. The maximum absolute atomic E-state index is 14.8. The van der Waals surface area contributed by atoms with Crippen molar-refractivity contribution in [2.24, 2.45) is 0 Å². The van der Waals surface area contributed by atoms with Crippen LogP contribution in [0, 0.1) is 11.6 Å². The fourth-order valence-corrected chi connectivity index (χ4v) is 4.46. The summed E-state index contributed by atoms with van der Waals surface area (Å²) in [5.41, 5.74) is 4.57. The van der Waals surface area contributed by atoms with Crippen LogP contribution < -0.4 is 15.8 Å². The molecule has 4 aromatic rings. The molecule has 0 aliphatic heterocycles. The minimum atomic E-state index is -4.25. The van der Waals surface area contributed by atoms with E-state index in [0.717, 1.165) is 42.1 Å². The Balaban J connectivity index is 1.67. The van der Waals surface area contributed by atoms with Gasteiger partial charge in [-0.3, -0.25) is 9.52 Å². The van der Waals surface area contributed by atoms with Gasteiger partial charge < -0.3 is 15.5 Å². The smallest absolute Gasteiger partial charge is 0.295 e. The lowest BCUT2D eigenvalue weighted by atomic mass is 10.2. The van der Waals surface area contributed by atoms with E-state index >= 15 is 0 Å². The maximum atomic E-state index is 14.8. The number of nitrogens with one attached hydrogen (secondary N) is 2. The number of rotatable bonds is 5. The summed E-state index contributed by atoms with van der Waals surface area (Å²) in [6.45, 7) is 0. The maximum Gasteiger partial charge on any atom is 0.295 e. The second-order valence-corrected chi connectivity index (χ2v) is 8.35. The zero-order valence-corrected chi connectivity index (χ0v) is 16.4. The highest BCUT2D eigenvalue weighted by atomic mass is 32.2. The Bertz CT molecular complexity index is 1370. The van der Waals surface area contributed by atoms with Crippen LogP contribution in [0.5, 0.6) is 0 Å². The molecule has 0 saturated carbocycles. The highest BCUT2D eigenvalue weighted by Crippen LogP contribution is 2.31. The van der Waals surface area contributed by atoms with Crippen molar-refractivity contribution in [2.75, 3.05) is 15.8 Å². The highest BCUT2D eigenvalue weighted by Gasteiger charge is 2.24. The lowest BCUT2D eigenvalue weighted by Gasteiger charge is -2.12. The molecule has 0 saturated heterocycles. The predicted octanol–water partition coefficient (Wildman–Crippen LogP) is 3.20. The van der Waals surface area contributed by atoms with Gasteiger partial charge in [0.05, 0.1) is 27.7 Å². The Morgan fingerprint density at radius 1 is 1.20 bits per heavy atom. The number of fused-ring (bicyclic) bond motifs is 1. The predicted molar refractivity (Wildman–Crippen MR) is 106 cm³/mol. The van der Waals surface area contributed by atoms with Crippen molar-refractivity contribution in [1.82, 2.24) is 9.97 Å². The van der Waals surface area contributed by atoms with Crippen LogP contribution in [0.15, 0.2) is 51.7 Å². The number of sulfonamides is 1. The number of carbonyl (C=O) groups excluding carboxylic acids is 1. The first-order chi connectivity index (χ1) is 14.3. The molecular weight excluding hydrogens is 440 g/mol. The van der Waals surface area contributed by atoms with Gasteiger partial charge >= 0.3 is 0 Å². The monoisotopic (exact) mass is 451 g/mol. The van der Waals surface area contributed by atoms with Crippen molar-refractivity contribution in [1.29, 1.82) is 0 Å². The number of halogens is 2. The van der Waals surface area contributed by atoms with Crippen LogP contribution in [0.1, 0.15) is 10.4 Å². The van der Waals surface area contributed by atoms with E-state index in [0.29, 0.717) is 4.70 Å². The first kappa shape index (κ1) is 19.7. The molecule has 154 valence electrons. The number of aromatic nitrogens is 2. The summed E-state index contributed by atoms with van der Waals surface area (Å²) in [6.07, 6.45) is 2.29. The van der Waals surface area contributed by atoms with Gasteiger partial charge in [-0.25, -0.2) is 18.7 Å². The summed E-state index contributed by atoms with van der Waals surface area (Å²) in [5.74, 6) is -3.11. The Kier molecular flexibility index (Phi) is 4.83. The number of furan rings is 1. The average Bonchev–Trinajstić information content (AvgIpc) is 3.38. The van der Waals surface area contributed by atoms with Gasteiger partial charge in [0.25, 0.3) is 15.9 Å². The Hall–Kier alpha value is -3.58. The topological polar surface area (TPSA) is 140 Å². The number of hydrogen-bond acceptors (Lipinski definition) is 8. The zero-order valence-electron chi connectivity index (χ0n) is 14.7. The molecule has 0 radical (unpaired) electrons. The van der Waals surface area contributed by atoms with E-state index in [-0.39, 0.29) is 16.9 Å². The Morgan fingerprint density at radius 3 is 2.73 bits per heavy atom. The quantitative estimate of drug-likeness (QED) is 0.423. The van der Waals surface area contributed by atoms with Gasteiger partial charge in [-0.2, -0.15) is 8.42 Å². The third-order valence-corrected chi connectivity index (χ3v) is 6.20. The molecule has 0 unspecified atom stereocenters. The van der Waals surface area contributed by atoms with Gasteiger partial charge in [0.2, 0.25) is 5.09 Å². The molecular formula is C17H11F2N5O4S2. The lowest BCUT2D eigenvalue weighted by molar-refractivity contribution is 0.102. The summed E-state index contributed by atoms with van der Waals surface area (Å²) in [5, 5.41) is 3.07. The van der Waals surface area contributed by atoms with E-state index in [1.807, 2.05) is 4.72 Å². The van der Waals surface area contributed by atoms with Crippen molar-refractivity contribution in [3.05, 3.63) is 59.4 Å². The number of nitrogen functional groups attached to an aromatic ring is 1. The molecule has 9 nitrogen and oxygen atoms in total. The summed E-state index contributed by atoms with van der Waals surface area (Å²) >= 11 is 1.10. The number of hydrogen-bond donors (Lipinski definition) is 3. The van der Waals surface area contributed by atoms with Gasteiger partial charge in [0, 0.05) is 5.38 Å². The average molecular weight is 451 g/mol. The Labute approximate surface area is 171 Å². The van der Waals surface area contributed by atoms with Gasteiger partial charge in [0.15, 0.2) is 5.82 Å². The van der Waals surface area contributed by atoms with Crippen molar-refractivity contribution < 1.29 is 26.4 Å². The van der Waals surface area contributed by atoms with E-state index < -0.39 is 44.0 Å². The number of nitrogens with two attached hydrogens (primary N) is 1. The van der Waals surface area contributed by atoms with Crippen LogP contribution in [0.25, 0.3) is 10.2 Å². The summed E-state index contributed by atoms with van der Waals surface area (Å²) in [4.78, 5) is 20.4. The molecule has 3 aromatic heterocycles. The first-order valence-corrected chi connectivity index (χ1v) is 10.5. The van der Waals surface area contributed by atoms with Gasteiger partial charge in [0.1, 0.15) is 23.6 Å². The molecule has 1 aromatic carbocycles. The minimum absolute atomic E-state index is 0.0319. The largest absolute Gasteiger partial charge is 0.451 e. The number of amides is 1. The molecule has 4 N–H and O–H groups in total. The molecule has 0 aliphatic rings. The molecule has 0 atom stereocenters. The third kappa shape index (κ3) is 3.44. The van der Waals surface area contributed by atoms with E-state index in [1.54, 1.807) is 0 Å². The molecule has 0 spiro atoms. The number of thiophene rings is 1. The third-order valence-electron chi connectivity index (χ3n) is 3.96. The number of benzene rings is 1. The molecule has 13 heteroatoms. The molecule has 3 heterocycles. The van der Waals surface area contributed by atoms with Crippen LogP contribution >= 0.6 is 11.3 Å². The van der Waals surface area contributed by atoms with Crippen LogP contribution in [-0.4, -0.2) is 24.3 Å². The molecule has 0 bridgehead atoms. The molecule has 30 heavy (non-hydrogen) atoms. The summed E-state index contributed by atoms with van der Waals surface area (Å²) in [7, 11) is -4.25. The van der Waals surface area contributed by atoms with E-state index in [1.165, 1.54) is 11.4 Å². The fraction of sp³-hybridized carbons (Fsp3) is 0. The fourth-order valence-electron chi connectivity index (χ4n) is 2.57. The lowest BCUT2D eigenvalue weighted by Crippen LogP contribution is -2.17. The zero-order chi connectivity index (χ0) is 21.5. The van der Waals surface area contributed by atoms with Crippen molar-refractivity contribution >= 4 is 54.7 Å². The van der Waals surface area contributed by atoms with Gasteiger partial charge in [-0.1, -0.05) is 0 Å². The SMILES string of the molecule is Nc1ncnc2c(C(=O)Nc3c(F)ccc(NS(=O)(=O)c4ccco4)c3F)csc12. The molecule has 4 rings (SSSR count). The molecule has 0 fully saturated rings. The van der Waals surface area contributed by atoms with Gasteiger partial charge in [-0.05, 0) is 24.3 Å². The van der Waals surface area contributed by atoms with Crippen molar-refractivity contribution in [3.63, 3.8) is 0 Å². The van der Waals surface area contributed by atoms with Crippen molar-refractivity contribution in [3.8, 4) is 0 Å². The number of carbonyl (C=O) groups is 1. The molecule has 0 aliphatic carbocycles. The summed E-state index contributed by atoms with van der Waals surface area (Å²) in [6, 6.07) is 4.18. The van der Waals surface area contributed by atoms with Crippen LogP contribution in [0.4, 0.5) is 26.0 Å². The molecule has 1 amide bonds. The summed E-state index contributed by atoms with van der Waals surface area (Å²) < 4.78 is 60.7. The second kappa shape index (κ2) is 7.35. The van der Waals surface area contributed by atoms with Crippen molar-refractivity contribution in [2.45, 2.75) is 5.09 Å². The van der Waals surface area contributed by atoms with Gasteiger partial charge in [-0.15, -0.1) is 11.3 Å². The van der Waals surface area contributed by atoms with E-state index in [4.69, 9.17) is 10.2 Å². The van der Waals surface area contributed by atoms with Crippen LogP contribution in [0.2, 0.25) is 0 Å². The second-order valence-electron chi connectivity index (χ2n) is 5.86. The minimum Gasteiger partial charge on any atom is -0.451 e. The number of nitrogens with zero attached hydrogens (tertiary/aromatic N) is 2.